The summed E-state index contributed by atoms with van der Waals surface area (Å²) in [5.74, 6) is 0. The molecule has 0 radical (unpaired) electrons. The topological polar surface area (TPSA) is 38.9 Å². The lowest BCUT2D eigenvalue weighted by Crippen LogP contribution is -1.99. The zero-order valence-electron chi connectivity index (χ0n) is 5.69. The van der Waals surface area contributed by atoms with Crippen molar-refractivity contribution < 1.29 is 8.78 Å². The molecule has 0 aliphatic heterocycles. The maximum absolute atomic E-state index is 12.2. The molecule has 12 heavy (non-hydrogen) atoms. The standard InChI is InChI=1S/C6H4BrF2IN2/c7-3-4(11)2(10)1-12-5(3)6(8)9/h1,6H,(H2,11,12). The van der Waals surface area contributed by atoms with E-state index in [9.17, 15) is 8.78 Å². The Balaban J connectivity index is 3.27. The molecule has 6 heteroatoms. The van der Waals surface area contributed by atoms with Crippen LogP contribution in [0.5, 0.6) is 0 Å². The fraction of sp³-hybridized carbons (Fsp3) is 0.167. The van der Waals surface area contributed by atoms with E-state index in [-0.39, 0.29) is 10.2 Å². The monoisotopic (exact) mass is 348 g/mol. The van der Waals surface area contributed by atoms with Gasteiger partial charge in [-0.1, -0.05) is 0 Å². The number of nitrogens with zero attached hydrogens (tertiary/aromatic N) is 1. The lowest BCUT2D eigenvalue weighted by Gasteiger charge is -2.05. The third kappa shape index (κ3) is 1.85. The van der Waals surface area contributed by atoms with E-state index >= 15 is 0 Å². The fourth-order valence-corrected chi connectivity index (χ4v) is 1.92. The van der Waals surface area contributed by atoms with Crippen LogP contribution in [-0.2, 0) is 0 Å². The highest BCUT2D eigenvalue weighted by Crippen LogP contribution is 2.32. The molecule has 0 saturated carbocycles. The first kappa shape index (κ1) is 10.1. The molecule has 0 fully saturated rings. The average Bonchev–Trinajstić information content (AvgIpc) is 2.00. The molecular formula is C6H4BrF2IN2. The van der Waals surface area contributed by atoms with E-state index in [1.165, 1.54) is 6.20 Å². The zero-order valence-corrected chi connectivity index (χ0v) is 9.43. The fourth-order valence-electron chi connectivity index (χ4n) is 0.647. The molecule has 0 spiro atoms. The quantitative estimate of drug-likeness (QED) is 0.792. The molecule has 0 aliphatic rings. The minimum atomic E-state index is -2.60. The van der Waals surface area contributed by atoms with Gasteiger partial charge in [-0.15, -0.1) is 0 Å². The molecule has 0 unspecified atom stereocenters. The second kappa shape index (κ2) is 3.82. The third-order valence-electron chi connectivity index (χ3n) is 1.24. The van der Waals surface area contributed by atoms with Crippen molar-refractivity contribution in [1.29, 1.82) is 0 Å². The lowest BCUT2D eigenvalue weighted by atomic mass is 10.3. The summed E-state index contributed by atoms with van der Waals surface area (Å²) in [6.45, 7) is 0. The van der Waals surface area contributed by atoms with Gasteiger partial charge < -0.3 is 5.73 Å². The van der Waals surface area contributed by atoms with Crippen molar-refractivity contribution in [2.24, 2.45) is 0 Å². The van der Waals surface area contributed by atoms with Crippen LogP contribution in [0, 0.1) is 3.57 Å². The zero-order chi connectivity index (χ0) is 9.30. The Labute approximate surface area is 89.8 Å². The number of rotatable bonds is 1. The molecule has 66 valence electrons. The van der Waals surface area contributed by atoms with Gasteiger partial charge in [-0.25, -0.2) is 8.78 Å². The number of pyridine rings is 1. The maximum atomic E-state index is 12.2. The van der Waals surface area contributed by atoms with Gasteiger partial charge in [0.15, 0.2) is 0 Å². The maximum Gasteiger partial charge on any atom is 0.281 e. The Morgan fingerprint density at radius 2 is 2.17 bits per heavy atom. The van der Waals surface area contributed by atoms with E-state index in [0.29, 0.717) is 9.26 Å². The van der Waals surface area contributed by atoms with Gasteiger partial charge >= 0.3 is 0 Å². The van der Waals surface area contributed by atoms with Crippen molar-refractivity contribution in [3.8, 4) is 0 Å². The first-order chi connectivity index (χ1) is 5.54. The van der Waals surface area contributed by atoms with E-state index in [0.717, 1.165) is 0 Å². The second-order valence-corrected chi connectivity index (χ2v) is 3.97. The number of anilines is 1. The van der Waals surface area contributed by atoms with Crippen LogP contribution in [0.3, 0.4) is 0 Å². The number of alkyl halides is 2. The van der Waals surface area contributed by atoms with Crippen molar-refractivity contribution in [2.45, 2.75) is 6.43 Å². The van der Waals surface area contributed by atoms with E-state index in [1.807, 2.05) is 22.6 Å². The Kier molecular flexibility index (Phi) is 3.22. The van der Waals surface area contributed by atoms with Crippen molar-refractivity contribution in [3.63, 3.8) is 0 Å². The normalized spacial score (nSPS) is 10.8. The van der Waals surface area contributed by atoms with Crippen LogP contribution in [0.25, 0.3) is 0 Å². The average molecular weight is 349 g/mol. The first-order valence-electron chi connectivity index (χ1n) is 2.91. The second-order valence-electron chi connectivity index (χ2n) is 2.02. The third-order valence-corrected chi connectivity index (χ3v) is 2.94. The SMILES string of the molecule is Nc1c(I)cnc(C(F)F)c1Br. The molecule has 0 saturated heterocycles. The summed E-state index contributed by atoms with van der Waals surface area (Å²) in [4.78, 5) is 3.55. The minimum Gasteiger partial charge on any atom is -0.397 e. The predicted molar refractivity (Wildman–Crippen MR) is 54.0 cm³/mol. The summed E-state index contributed by atoms with van der Waals surface area (Å²) in [6, 6.07) is 0. The molecular weight excluding hydrogens is 345 g/mol. The smallest absolute Gasteiger partial charge is 0.281 e. The highest BCUT2D eigenvalue weighted by atomic mass is 127. The van der Waals surface area contributed by atoms with E-state index < -0.39 is 6.43 Å². The highest BCUT2D eigenvalue weighted by Gasteiger charge is 2.16. The molecule has 1 aromatic rings. The van der Waals surface area contributed by atoms with E-state index in [2.05, 4.69) is 20.9 Å². The first-order valence-corrected chi connectivity index (χ1v) is 4.78. The van der Waals surface area contributed by atoms with Gasteiger partial charge in [0.1, 0.15) is 5.69 Å². The van der Waals surface area contributed by atoms with Gasteiger partial charge in [-0.2, -0.15) is 0 Å². The van der Waals surface area contributed by atoms with Crippen LogP contribution in [0.15, 0.2) is 10.7 Å². The number of nitrogen functional groups attached to an aromatic ring is 1. The Bertz CT molecular complexity index is 306. The molecule has 1 aromatic heterocycles. The van der Waals surface area contributed by atoms with Gasteiger partial charge in [-0.05, 0) is 38.5 Å². The highest BCUT2D eigenvalue weighted by molar-refractivity contribution is 14.1. The van der Waals surface area contributed by atoms with Crippen LogP contribution in [0.2, 0.25) is 0 Å². The molecule has 0 amide bonds. The van der Waals surface area contributed by atoms with Gasteiger partial charge in [-0.3, -0.25) is 4.98 Å². The number of nitrogens with two attached hydrogens (primary N) is 1. The molecule has 1 heterocycles. The molecule has 1 rings (SSSR count). The van der Waals surface area contributed by atoms with Crippen LogP contribution in [-0.4, -0.2) is 4.98 Å². The van der Waals surface area contributed by atoms with Crippen molar-refractivity contribution in [3.05, 3.63) is 19.9 Å². The molecule has 2 N–H and O–H groups in total. The summed E-state index contributed by atoms with van der Waals surface area (Å²) in [7, 11) is 0. The summed E-state index contributed by atoms with van der Waals surface area (Å²) in [5.41, 5.74) is 5.49. The molecule has 0 aromatic carbocycles. The van der Waals surface area contributed by atoms with Gasteiger partial charge in [0.05, 0.1) is 13.7 Å². The van der Waals surface area contributed by atoms with Crippen LogP contribution >= 0.6 is 38.5 Å². The molecule has 0 atom stereocenters. The van der Waals surface area contributed by atoms with Crippen LogP contribution in [0.4, 0.5) is 14.5 Å². The van der Waals surface area contributed by atoms with Crippen LogP contribution in [0.1, 0.15) is 12.1 Å². The Hall–Kier alpha value is 0.0200. The van der Waals surface area contributed by atoms with Crippen LogP contribution < -0.4 is 5.73 Å². The van der Waals surface area contributed by atoms with Crippen molar-refractivity contribution >= 4 is 44.2 Å². The van der Waals surface area contributed by atoms with Crippen molar-refractivity contribution in [2.75, 3.05) is 5.73 Å². The number of aromatic nitrogens is 1. The number of hydrogen-bond donors (Lipinski definition) is 1. The van der Waals surface area contributed by atoms with E-state index in [4.69, 9.17) is 5.73 Å². The summed E-state index contributed by atoms with van der Waals surface area (Å²) < 4.78 is 25.2. The predicted octanol–water partition coefficient (Wildman–Crippen LogP) is 2.97. The molecule has 0 bridgehead atoms. The van der Waals surface area contributed by atoms with E-state index in [1.54, 1.807) is 0 Å². The number of hydrogen-bond acceptors (Lipinski definition) is 2. The largest absolute Gasteiger partial charge is 0.397 e. The Morgan fingerprint density at radius 3 is 2.67 bits per heavy atom. The molecule has 0 aliphatic carbocycles. The molecule has 2 nitrogen and oxygen atoms in total. The summed E-state index contributed by atoms with van der Waals surface area (Å²) in [6.07, 6.45) is -1.28. The summed E-state index contributed by atoms with van der Waals surface area (Å²) in [5, 5.41) is 0. The van der Waals surface area contributed by atoms with Crippen molar-refractivity contribution in [1.82, 2.24) is 4.98 Å². The Morgan fingerprint density at radius 1 is 1.58 bits per heavy atom. The lowest BCUT2D eigenvalue weighted by molar-refractivity contribution is 0.145. The van der Waals surface area contributed by atoms with Gasteiger partial charge in [0.2, 0.25) is 0 Å². The van der Waals surface area contributed by atoms with Gasteiger partial charge in [0.25, 0.3) is 6.43 Å². The van der Waals surface area contributed by atoms with Gasteiger partial charge in [0, 0.05) is 6.20 Å². The summed E-state index contributed by atoms with van der Waals surface area (Å²) >= 11 is 4.89. The minimum absolute atomic E-state index is 0.185. The number of halogens is 4.